The van der Waals surface area contributed by atoms with Crippen LogP contribution in [-0.4, -0.2) is 47.8 Å². The first-order valence-corrected chi connectivity index (χ1v) is 9.84. The first-order valence-electron chi connectivity index (χ1n) is 9.84. The number of hydrogen-bond acceptors (Lipinski definition) is 3. The SMILES string of the molecule is CN=C(NCCn1cccc1)NCc1ccc(CN(C)C(=O)OC(C)(C)C)cc1.I. The Morgan fingerprint density at radius 2 is 1.70 bits per heavy atom. The Labute approximate surface area is 196 Å². The topological polar surface area (TPSA) is 70.9 Å². The van der Waals surface area contributed by atoms with E-state index in [1.54, 1.807) is 19.0 Å². The molecule has 0 aliphatic rings. The van der Waals surface area contributed by atoms with E-state index in [0.717, 1.165) is 30.2 Å². The monoisotopic (exact) mass is 527 g/mol. The van der Waals surface area contributed by atoms with Gasteiger partial charge in [0.25, 0.3) is 0 Å². The molecule has 7 nitrogen and oxygen atoms in total. The second kappa shape index (κ2) is 12.5. The van der Waals surface area contributed by atoms with Crippen molar-refractivity contribution < 1.29 is 9.53 Å². The number of aliphatic imine (C=N–C) groups is 1. The van der Waals surface area contributed by atoms with Crippen LogP contribution in [0.15, 0.2) is 53.8 Å². The van der Waals surface area contributed by atoms with Crippen LogP contribution in [0.1, 0.15) is 31.9 Å². The molecule has 0 saturated heterocycles. The number of halogens is 1. The predicted molar refractivity (Wildman–Crippen MR) is 132 cm³/mol. The minimum absolute atomic E-state index is 0. The quantitative estimate of drug-likeness (QED) is 0.326. The van der Waals surface area contributed by atoms with Gasteiger partial charge in [-0.1, -0.05) is 24.3 Å². The van der Waals surface area contributed by atoms with Crippen LogP contribution in [0.3, 0.4) is 0 Å². The molecule has 166 valence electrons. The molecule has 0 saturated carbocycles. The van der Waals surface area contributed by atoms with Gasteiger partial charge in [-0.25, -0.2) is 4.79 Å². The van der Waals surface area contributed by atoms with Crippen molar-refractivity contribution in [3.05, 3.63) is 59.9 Å². The van der Waals surface area contributed by atoms with Gasteiger partial charge in [0.15, 0.2) is 5.96 Å². The number of benzene rings is 1. The third kappa shape index (κ3) is 9.51. The molecule has 0 fully saturated rings. The highest BCUT2D eigenvalue weighted by Crippen LogP contribution is 2.12. The van der Waals surface area contributed by atoms with Crippen molar-refractivity contribution in [1.29, 1.82) is 0 Å². The van der Waals surface area contributed by atoms with E-state index in [9.17, 15) is 4.79 Å². The molecule has 0 unspecified atom stereocenters. The zero-order valence-electron chi connectivity index (χ0n) is 18.5. The van der Waals surface area contributed by atoms with Gasteiger partial charge in [-0.15, -0.1) is 24.0 Å². The zero-order valence-corrected chi connectivity index (χ0v) is 20.8. The summed E-state index contributed by atoms with van der Waals surface area (Å²) in [4.78, 5) is 17.9. The van der Waals surface area contributed by atoms with Crippen LogP contribution >= 0.6 is 24.0 Å². The molecule has 0 bridgehead atoms. The molecule has 1 aromatic heterocycles. The lowest BCUT2D eigenvalue weighted by molar-refractivity contribution is 0.0285. The largest absolute Gasteiger partial charge is 0.444 e. The van der Waals surface area contributed by atoms with E-state index in [0.29, 0.717) is 13.1 Å². The highest BCUT2D eigenvalue weighted by atomic mass is 127. The van der Waals surface area contributed by atoms with E-state index < -0.39 is 5.60 Å². The number of carbonyl (C=O) groups is 1. The lowest BCUT2D eigenvalue weighted by Gasteiger charge is -2.24. The Hall–Kier alpha value is -2.23. The molecular formula is C22H34IN5O2. The number of nitrogens with one attached hydrogen (secondary N) is 2. The van der Waals surface area contributed by atoms with Gasteiger partial charge in [-0.2, -0.15) is 0 Å². The van der Waals surface area contributed by atoms with Crippen molar-refractivity contribution >= 4 is 36.0 Å². The Bertz CT molecular complexity index is 783. The van der Waals surface area contributed by atoms with Crippen molar-refractivity contribution in [1.82, 2.24) is 20.1 Å². The summed E-state index contributed by atoms with van der Waals surface area (Å²) in [5, 5.41) is 6.62. The summed E-state index contributed by atoms with van der Waals surface area (Å²) in [5.41, 5.74) is 1.70. The number of nitrogens with zero attached hydrogens (tertiary/aromatic N) is 3. The fourth-order valence-corrected chi connectivity index (χ4v) is 2.67. The molecule has 1 aromatic carbocycles. The maximum atomic E-state index is 12.1. The second-order valence-electron chi connectivity index (χ2n) is 7.93. The van der Waals surface area contributed by atoms with Gasteiger partial charge < -0.3 is 24.8 Å². The van der Waals surface area contributed by atoms with Gasteiger partial charge in [0.05, 0.1) is 0 Å². The molecule has 2 aromatic rings. The Kier molecular flexibility index (Phi) is 10.7. The van der Waals surface area contributed by atoms with Gasteiger partial charge in [-0.3, -0.25) is 4.99 Å². The highest BCUT2D eigenvalue weighted by Gasteiger charge is 2.19. The van der Waals surface area contributed by atoms with Crippen molar-refractivity contribution in [3.63, 3.8) is 0 Å². The average Bonchev–Trinajstić information content (AvgIpc) is 3.17. The predicted octanol–water partition coefficient (Wildman–Crippen LogP) is 3.84. The minimum atomic E-state index is -0.491. The van der Waals surface area contributed by atoms with Crippen LogP contribution in [0.5, 0.6) is 0 Å². The molecule has 30 heavy (non-hydrogen) atoms. The summed E-state index contributed by atoms with van der Waals surface area (Å²) in [7, 11) is 3.51. The van der Waals surface area contributed by atoms with Gasteiger partial charge in [0.1, 0.15) is 5.60 Å². The van der Waals surface area contributed by atoms with Crippen molar-refractivity contribution in [2.24, 2.45) is 4.99 Å². The van der Waals surface area contributed by atoms with Crippen LogP contribution in [0, 0.1) is 0 Å². The van der Waals surface area contributed by atoms with Crippen LogP contribution in [0.25, 0.3) is 0 Å². The molecule has 8 heteroatoms. The average molecular weight is 527 g/mol. The third-order valence-corrected chi connectivity index (χ3v) is 4.16. The van der Waals surface area contributed by atoms with Crippen LogP contribution in [0.2, 0.25) is 0 Å². The number of hydrogen-bond donors (Lipinski definition) is 2. The summed E-state index contributed by atoms with van der Waals surface area (Å²) >= 11 is 0. The van der Waals surface area contributed by atoms with Gasteiger partial charge >= 0.3 is 6.09 Å². The van der Waals surface area contributed by atoms with Crippen LogP contribution < -0.4 is 10.6 Å². The molecule has 0 aliphatic heterocycles. The molecule has 2 rings (SSSR count). The van der Waals surface area contributed by atoms with Crippen molar-refractivity contribution in [2.75, 3.05) is 20.6 Å². The molecular weight excluding hydrogens is 493 g/mol. The molecule has 0 radical (unpaired) electrons. The lowest BCUT2D eigenvalue weighted by atomic mass is 10.1. The van der Waals surface area contributed by atoms with Gasteiger partial charge in [0, 0.05) is 52.7 Å². The number of ether oxygens (including phenoxy) is 1. The van der Waals surface area contributed by atoms with Gasteiger partial charge in [0.2, 0.25) is 0 Å². The zero-order chi connectivity index (χ0) is 21.3. The summed E-state index contributed by atoms with van der Waals surface area (Å²) in [6, 6.07) is 12.2. The molecule has 1 heterocycles. The smallest absolute Gasteiger partial charge is 0.410 e. The molecule has 0 atom stereocenters. The summed E-state index contributed by atoms with van der Waals surface area (Å²) in [6.45, 7) is 8.45. The number of guanidine groups is 1. The normalized spacial score (nSPS) is 11.4. The number of aromatic nitrogens is 1. The van der Waals surface area contributed by atoms with Crippen molar-refractivity contribution in [3.8, 4) is 0 Å². The third-order valence-electron chi connectivity index (χ3n) is 4.16. The van der Waals surface area contributed by atoms with E-state index in [2.05, 4.69) is 32.3 Å². The standard InChI is InChI=1S/C22H33N5O2.HI/c1-22(2,3)29-21(28)26(5)17-19-10-8-18(9-11-19)16-25-20(23-4)24-12-15-27-13-6-7-14-27;/h6-11,13-14H,12,15-17H2,1-5H3,(H2,23,24,25);1H. The highest BCUT2D eigenvalue weighted by molar-refractivity contribution is 14.0. The maximum absolute atomic E-state index is 12.1. The first-order chi connectivity index (χ1) is 13.8. The number of carbonyl (C=O) groups excluding carboxylic acids is 1. The van der Waals surface area contributed by atoms with Crippen LogP contribution in [-0.2, 0) is 24.4 Å². The maximum Gasteiger partial charge on any atom is 0.410 e. The molecule has 0 aliphatic carbocycles. The summed E-state index contributed by atoms with van der Waals surface area (Å²) in [6.07, 6.45) is 3.76. The summed E-state index contributed by atoms with van der Waals surface area (Å²) in [5.74, 6) is 0.769. The second-order valence-corrected chi connectivity index (χ2v) is 7.93. The summed E-state index contributed by atoms with van der Waals surface area (Å²) < 4.78 is 7.50. The number of amides is 1. The molecule has 1 amide bonds. The molecule has 0 spiro atoms. The van der Waals surface area contributed by atoms with Crippen LogP contribution in [0.4, 0.5) is 4.79 Å². The van der Waals surface area contributed by atoms with E-state index in [1.807, 2.05) is 57.4 Å². The van der Waals surface area contributed by atoms with E-state index >= 15 is 0 Å². The van der Waals surface area contributed by atoms with Crippen molar-refractivity contribution in [2.45, 2.75) is 46.0 Å². The van der Waals surface area contributed by atoms with E-state index in [1.165, 1.54) is 0 Å². The Morgan fingerprint density at radius 1 is 1.10 bits per heavy atom. The fraction of sp³-hybridized carbons (Fsp3) is 0.455. The number of rotatable bonds is 7. The van der Waals surface area contributed by atoms with E-state index in [4.69, 9.17) is 4.74 Å². The first kappa shape index (κ1) is 25.8. The molecule has 2 N–H and O–H groups in total. The Morgan fingerprint density at radius 3 is 2.27 bits per heavy atom. The Balaban J connectivity index is 0.00000450. The lowest BCUT2D eigenvalue weighted by Crippen LogP contribution is -2.38. The van der Waals surface area contributed by atoms with Gasteiger partial charge in [-0.05, 0) is 44.0 Å². The fourth-order valence-electron chi connectivity index (χ4n) is 2.67. The minimum Gasteiger partial charge on any atom is -0.444 e. The van der Waals surface area contributed by atoms with E-state index in [-0.39, 0.29) is 30.1 Å².